The van der Waals surface area contributed by atoms with Gasteiger partial charge in [0.15, 0.2) is 0 Å². The van der Waals surface area contributed by atoms with E-state index >= 15 is 0 Å². The van der Waals surface area contributed by atoms with Crippen LogP contribution in [0.25, 0.3) is 0 Å². The number of amides is 1. The number of hydrogen-bond donors (Lipinski definition) is 1. The van der Waals surface area contributed by atoms with Gasteiger partial charge in [0.1, 0.15) is 0 Å². The van der Waals surface area contributed by atoms with Gasteiger partial charge in [0.2, 0.25) is 5.91 Å². The van der Waals surface area contributed by atoms with Crippen LogP contribution in [0.5, 0.6) is 0 Å². The van der Waals surface area contributed by atoms with Crippen molar-refractivity contribution in [2.75, 3.05) is 13.1 Å². The highest BCUT2D eigenvalue weighted by Gasteiger charge is 2.41. The van der Waals surface area contributed by atoms with Crippen LogP contribution in [0.1, 0.15) is 52.9 Å². The van der Waals surface area contributed by atoms with E-state index in [2.05, 4.69) is 6.92 Å². The van der Waals surface area contributed by atoms with Crippen LogP contribution in [-0.4, -0.2) is 28.9 Å². The largest absolute Gasteiger partial charge is 0.392 e. The van der Waals surface area contributed by atoms with Crippen LogP contribution < -0.4 is 5.73 Å². The number of likely N-dealkylation sites (tertiary alicyclic amines) is 1. The molecule has 4 heteroatoms. The molecule has 0 radical (unpaired) electrons. The van der Waals surface area contributed by atoms with E-state index < -0.39 is 5.41 Å². The third kappa shape index (κ3) is 2.85. The fourth-order valence-electron chi connectivity index (χ4n) is 2.85. The van der Waals surface area contributed by atoms with Crippen LogP contribution >= 0.6 is 12.2 Å². The highest BCUT2D eigenvalue weighted by molar-refractivity contribution is 7.80. The Kier molecular flexibility index (Phi) is 5.57. The minimum Gasteiger partial charge on any atom is -0.392 e. The van der Waals surface area contributed by atoms with Gasteiger partial charge >= 0.3 is 0 Å². The second kappa shape index (κ2) is 6.50. The third-order valence-electron chi connectivity index (χ3n) is 4.57. The predicted molar refractivity (Wildman–Crippen MR) is 79.4 cm³/mol. The number of carbonyl (C=O) groups excluding carboxylic acids is 1. The number of nitrogens with zero attached hydrogens (tertiary/aromatic N) is 1. The summed E-state index contributed by atoms with van der Waals surface area (Å²) < 4.78 is 0. The first-order chi connectivity index (χ1) is 8.51. The zero-order valence-corrected chi connectivity index (χ0v) is 12.7. The van der Waals surface area contributed by atoms with Gasteiger partial charge in [-0.3, -0.25) is 4.79 Å². The first-order valence-corrected chi connectivity index (χ1v) is 7.51. The number of piperidine rings is 1. The van der Waals surface area contributed by atoms with E-state index in [9.17, 15) is 4.79 Å². The van der Waals surface area contributed by atoms with Crippen LogP contribution in [0.3, 0.4) is 0 Å². The van der Waals surface area contributed by atoms with Crippen molar-refractivity contribution < 1.29 is 4.79 Å². The van der Waals surface area contributed by atoms with E-state index in [1.54, 1.807) is 0 Å². The summed E-state index contributed by atoms with van der Waals surface area (Å²) in [6.07, 6.45) is 4.84. The van der Waals surface area contributed by atoms with Crippen molar-refractivity contribution >= 4 is 23.1 Å². The molecule has 0 aliphatic carbocycles. The molecule has 2 N–H and O–H groups in total. The van der Waals surface area contributed by atoms with Gasteiger partial charge in [0.05, 0.1) is 10.4 Å². The molecule has 3 nitrogen and oxygen atoms in total. The Morgan fingerprint density at radius 3 is 2.11 bits per heavy atom. The molecule has 0 aromatic rings. The summed E-state index contributed by atoms with van der Waals surface area (Å²) in [7, 11) is 0. The first-order valence-electron chi connectivity index (χ1n) is 7.11. The lowest BCUT2D eigenvalue weighted by molar-refractivity contribution is -0.140. The molecule has 1 saturated heterocycles. The molecule has 0 spiro atoms. The Balaban J connectivity index is 2.77. The molecule has 18 heavy (non-hydrogen) atoms. The molecule has 1 aliphatic rings. The average Bonchev–Trinajstić information content (AvgIpc) is 2.40. The average molecular weight is 270 g/mol. The number of rotatable bonds is 5. The van der Waals surface area contributed by atoms with Crippen LogP contribution in [0, 0.1) is 11.3 Å². The standard InChI is InChI=1S/C14H26N2OS/c1-4-11-7-9-16(10-8-11)13(17)14(5-2,6-3)12(15)18/h11H,4-10H2,1-3H3,(H2,15,18). The molecule has 1 fully saturated rings. The number of thiocarbonyl (C=S) groups is 1. The van der Waals surface area contributed by atoms with Gasteiger partial charge in [-0.05, 0) is 31.6 Å². The summed E-state index contributed by atoms with van der Waals surface area (Å²) in [5.74, 6) is 0.922. The van der Waals surface area contributed by atoms with Gasteiger partial charge < -0.3 is 10.6 Å². The molecule has 0 atom stereocenters. The van der Waals surface area contributed by atoms with Crippen LogP contribution in [0.15, 0.2) is 0 Å². The maximum absolute atomic E-state index is 12.7. The number of carbonyl (C=O) groups is 1. The maximum Gasteiger partial charge on any atom is 0.235 e. The molecule has 1 heterocycles. The Bertz CT molecular complexity index is 305. The molecular weight excluding hydrogens is 244 g/mol. The van der Waals surface area contributed by atoms with Crippen molar-refractivity contribution in [1.29, 1.82) is 0 Å². The first kappa shape index (κ1) is 15.4. The van der Waals surface area contributed by atoms with Gasteiger partial charge in [-0.1, -0.05) is 39.4 Å². The molecule has 0 aromatic carbocycles. The quantitative estimate of drug-likeness (QED) is 0.781. The number of hydrogen-bond acceptors (Lipinski definition) is 2. The van der Waals surface area contributed by atoms with Crippen LogP contribution in [-0.2, 0) is 4.79 Å². The van der Waals surface area contributed by atoms with Crippen molar-refractivity contribution in [3.8, 4) is 0 Å². The van der Waals surface area contributed by atoms with Crippen molar-refractivity contribution in [1.82, 2.24) is 4.90 Å². The van der Waals surface area contributed by atoms with Crippen LogP contribution in [0.4, 0.5) is 0 Å². The van der Waals surface area contributed by atoms with Crippen molar-refractivity contribution in [3.63, 3.8) is 0 Å². The number of nitrogens with two attached hydrogens (primary N) is 1. The molecule has 104 valence electrons. The minimum atomic E-state index is -0.617. The normalized spacial score (nSPS) is 17.8. The Hall–Kier alpha value is -0.640. The Morgan fingerprint density at radius 1 is 1.28 bits per heavy atom. The van der Waals surface area contributed by atoms with Crippen molar-refractivity contribution in [2.45, 2.75) is 52.9 Å². The highest BCUT2D eigenvalue weighted by Crippen LogP contribution is 2.32. The van der Waals surface area contributed by atoms with E-state index in [1.165, 1.54) is 6.42 Å². The summed E-state index contributed by atoms with van der Waals surface area (Å²) in [4.78, 5) is 15.0. The van der Waals surface area contributed by atoms with Gasteiger partial charge in [-0.2, -0.15) is 0 Å². The molecule has 0 unspecified atom stereocenters. The fraction of sp³-hybridized carbons (Fsp3) is 0.857. The molecule has 1 amide bonds. The SMILES string of the molecule is CCC1CCN(C(=O)C(CC)(CC)C(N)=S)CC1. The van der Waals surface area contributed by atoms with E-state index in [4.69, 9.17) is 18.0 Å². The highest BCUT2D eigenvalue weighted by atomic mass is 32.1. The van der Waals surface area contributed by atoms with Gasteiger partial charge in [0.25, 0.3) is 0 Å². The fourth-order valence-corrected chi connectivity index (χ4v) is 3.23. The smallest absolute Gasteiger partial charge is 0.235 e. The molecule has 0 bridgehead atoms. The van der Waals surface area contributed by atoms with Gasteiger partial charge in [-0.25, -0.2) is 0 Å². The molecule has 0 saturated carbocycles. The van der Waals surface area contributed by atoms with Gasteiger partial charge in [-0.15, -0.1) is 0 Å². The molecular formula is C14H26N2OS. The maximum atomic E-state index is 12.7. The lowest BCUT2D eigenvalue weighted by Gasteiger charge is -2.39. The molecule has 0 aromatic heterocycles. The lowest BCUT2D eigenvalue weighted by Crippen LogP contribution is -2.52. The van der Waals surface area contributed by atoms with E-state index in [0.717, 1.165) is 31.8 Å². The summed E-state index contributed by atoms with van der Waals surface area (Å²) in [6, 6.07) is 0. The van der Waals surface area contributed by atoms with E-state index in [-0.39, 0.29) is 5.91 Å². The van der Waals surface area contributed by atoms with Crippen LogP contribution in [0.2, 0.25) is 0 Å². The summed E-state index contributed by atoms with van der Waals surface area (Å²) in [5.41, 5.74) is 5.22. The Morgan fingerprint density at radius 2 is 1.78 bits per heavy atom. The zero-order chi connectivity index (χ0) is 13.8. The lowest BCUT2D eigenvalue weighted by atomic mass is 9.80. The van der Waals surface area contributed by atoms with Crippen molar-refractivity contribution in [3.05, 3.63) is 0 Å². The summed E-state index contributed by atoms with van der Waals surface area (Å²) in [5, 5.41) is 0. The summed E-state index contributed by atoms with van der Waals surface area (Å²) >= 11 is 5.15. The molecule has 1 aliphatic heterocycles. The molecule has 1 rings (SSSR count). The second-order valence-electron chi connectivity index (χ2n) is 5.30. The second-order valence-corrected chi connectivity index (χ2v) is 5.74. The zero-order valence-electron chi connectivity index (χ0n) is 11.9. The van der Waals surface area contributed by atoms with E-state index in [1.807, 2.05) is 18.7 Å². The summed E-state index contributed by atoms with van der Waals surface area (Å²) in [6.45, 7) is 7.95. The van der Waals surface area contributed by atoms with E-state index in [0.29, 0.717) is 17.8 Å². The monoisotopic (exact) mass is 270 g/mol. The van der Waals surface area contributed by atoms with Crippen molar-refractivity contribution in [2.24, 2.45) is 17.1 Å². The third-order valence-corrected chi connectivity index (χ3v) is 4.96. The minimum absolute atomic E-state index is 0.148. The van der Waals surface area contributed by atoms with Gasteiger partial charge in [0, 0.05) is 13.1 Å². The Labute approximate surface area is 116 Å². The topological polar surface area (TPSA) is 46.3 Å². The predicted octanol–water partition coefficient (Wildman–Crippen LogP) is 2.73.